The van der Waals surface area contributed by atoms with Crippen molar-refractivity contribution in [1.29, 1.82) is 0 Å². The summed E-state index contributed by atoms with van der Waals surface area (Å²) in [5.74, 6) is 0. The van der Waals surface area contributed by atoms with Crippen molar-refractivity contribution in [2.75, 3.05) is 4.72 Å². The normalized spacial score (nSPS) is 9.50. The molecule has 0 aliphatic carbocycles. The minimum absolute atomic E-state index is 1.09. The van der Waals surface area contributed by atoms with Gasteiger partial charge in [-0.2, -0.15) is 0 Å². The van der Waals surface area contributed by atoms with Gasteiger partial charge in [-0.1, -0.05) is 24.9 Å². The van der Waals surface area contributed by atoms with Crippen LogP contribution >= 0.6 is 12.8 Å². The van der Waals surface area contributed by atoms with E-state index in [4.69, 9.17) is 0 Å². The molecule has 1 aromatic carbocycles. The maximum absolute atomic E-state index is 3.98. The highest BCUT2D eigenvalue weighted by atomic mass is 32.1. The number of benzene rings is 1. The smallest absolute Gasteiger partial charge is 0.0469 e. The average Bonchev–Trinajstić information content (AvgIpc) is 1.94. The van der Waals surface area contributed by atoms with E-state index in [0.717, 1.165) is 5.69 Å². The van der Waals surface area contributed by atoms with Gasteiger partial charge in [0, 0.05) is 5.69 Å². The molecule has 0 saturated heterocycles. The molecule has 0 aliphatic rings. The minimum atomic E-state index is 1.09. The van der Waals surface area contributed by atoms with Gasteiger partial charge in [0.25, 0.3) is 0 Å². The molecule has 1 N–H and O–H groups in total. The van der Waals surface area contributed by atoms with Gasteiger partial charge in [-0.25, -0.2) is 0 Å². The van der Waals surface area contributed by atoms with Crippen molar-refractivity contribution in [1.82, 2.24) is 0 Å². The lowest BCUT2D eigenvalue weighted by Gasteiger charge is -2.03. The molecule has 10 heavy (non-hydrogen) atoms. The van der Waals surface area contributed by atoms with Crippen LogP contribution in [-0.4, -0.2) is 0 Å². The van der Waals surface area contributed by atoms with Crippen LogP contribution in [-0.2, 0) is 0 Å². The fourth-order valence-electron chi connectivity index (χ4n) is 0.856. The molecule has 0 aromatic heterocycles. The van der Waals surface area contributed by atoms with Crippen LogP contribution in [0.15, 0.2) is 18.2 Å². The van der Waals surface area contributed by atoms with Crippen LogP contribution in [0.3, 0.4) is 0 Å². The number of rotatable bonds is 1. The van der Waals surface area contributed by atoms with Crippen molar-refractivity contribution in [3.05, 3.63) is 29.3 Å². The Balaban J connectivity index is 3.09. The minimum Gasteiger partial charge on any atom is -0.332 e. The molecule has 0 unspecified atom stereocenters. The van der Waals surface area contributed by atoms with Crippen LogP contribution in [0.25, 0.3) is 0 Å². The van der Waals surface area contributed by atoms with Gasteiger partial charge in [0.15, 0.2) is 0 Å². The topological polar surface area (TPSA) is 12.0 Å². The van der Waals surface area contributed by atoms with Crippen molar-refractivity contribution in [2.24, 2.45) is 0 Å². The largest absolute Gasteiger partial charge is 0.332 e. The molecule has 0 radical (unpaired) electrons. The molecule has 0 spiro atoms. The highest BCUT2D eigenvalue weighted by molar-refractivity contribution is 7.81. The van der Waals surface area contributed by atoms with Gasteiger partial charge >= 0.3 is 0 Å². The molecule has 0 bridgehead atoms. The second kappa shape index (κ2) is 2.97. The molecule has 0 amide bonds. The maximum Gasteiger partial charge on any atom is 0.0469 e. The molecule has 54 valence electrons. The van der Waals surface area contributed by atoms with Gasteiger partial charge in [-0.3, -0.25) is 0 Å². The molecule has 1 rings (SSSR count). The molecule has 1 aromatic rings. The summed E-state index contributed by atoms with van der Waals surface area (Å²) in [7, 11) is 0. The molecule has 2 heteroatoms. The Morgan fingerprint density at radius 2 is 2.00 bits per heavy atom. The molecule has 0 atom stereocenters. The summed E-state index contributed by atoms with van der Waals surface area (Å²) in [4.78, 5) is 0. The summed E-state index contributed by atoms with van der Waals surface area (Å²) in [6, 6.07) is 6.24. The predicted octanol–water partition coefficient (Wildman–Crippen LogP) is 2.56. The Morgan fingerprint density at radius 1 is 1.30 bits per heavy atom. The third-order valence-corrected chi connectivity index (χ3v) is 1.75. The van der Waals surface area contributed by atoms with Gasteiger partial charge < -0.3 is 4.72 Å². The number of hydrogen-bond donors (Lipinski definition) is 2. The van der Waals surface area contributed by atoms with E-state index in [1.807, 2.05) is 0 Å². The summed E-state index contributed by atoms with van der Waals surface area (Å²) < 4.78 is 2.83. The first-order chi connectivity index (χ1) is 4.74. The van der Waals surface area contributed by atoms with Crippen LogP contribution in [0.5, 0.6) is 0 Å². The van der Waals surface area contributed by atoms with Gasteiger partial charge in [-0.05, 0) is 31.0 Å². The Morgan fingerprint density at radius 3 is 2.50 bits per heavy atom. The van der Waals surface area contributed by atoms with Crippen molar-refractivity contribution in [3.63, 3.8) is 0 Å². The van der Waals surface area contributed by atoms with Gasteiger partial charge in [0.05, 0.1) is 0 Å². The van der Waals surface area contributed by atoms with Gasteiger partial charge in [-0.15, -0.1) is 0 Å². The molecule has 0 aliphatic heterocycles. The van der Waals surface area contributed by atoms with E-state index in [2.05, 4.69) is 49.6 Å². The summed E-state index contributed by atoms with van der Waals surface area (Å²) in [6.45, 7) is 4.12. The number of anilines is 1. The monoisotopic (exact) mass is 153 g/mol. The van der Waals surface area contributed by atoms with E-state index in [0.29, 0.717) is 0 Å². The lowest BCUT2D eigenvalue weighted by Crippen LogP contribution is -1.85. The standard InChI is InChI=1S/C8H11NS/c1-6-3-4-7(2)8(5-6)9-10/h3-5,9-10H,1-2H3. The van der Waals surface area contributed by atoms with Crippen LogP contribution in [0.4, 0.5) is 5.69 Å². The average molecular weight is 153 g/mol. The molecule has 0 fully saturated rings. The summed E-state index contributed by atoms with van der Waals surface area (Å²) in [6.07, 6.45) is 0. The predicted molar refractivity (Wildman–Crippen MR) is 48.5 cm³/mol. The number of nitrogens with one attached hydrogen (secondary N) is 1. The van der Waals surface area contributed by atoms with E-state index in [1.165, 1.54) is 11.1 Å². The Bertz CT molecular complexity index is 233. The van der Waals surface area contributed by atoms with Gasteiger partial charge in [0.2, 0.25) is 0 Å². The van der Waals surface area contributed by atoms with Crippen LogP contribution in [0, 0.1) is 13.8 Å². The lowest BCUT2D eigenvalue weighted by atomic mass is 10.1. The molecular formula is C8H11NS. The van der Waals surface area contributed by atoms with Gasteiger partial charge in [0.1, 0.15) is 0 Å². The molecular weight excluding hydrogens is 142 g/mol. The third-order valence-electron chi connectivity index (χ3n) is 1.51. The molecule has 0 saturated carbocycles. The van der Waals surface area contributed by atoms with Crippen molar-refractivity contribution in [2.45, 2.75) is 13.8 Å². The second-order valence-electron chi connectivity index (χ2n) is 2.43. The Hall–Kier alpha value is -0.630. The zero-order valence-electron chi connectivity index (χ0n) is 6.18. The Kier molecular flexibility index (Phi) is 2.22. The lowest BCUT2D eigenvalue weighted by molar-refractivity contribution is 1.40. The highest BCUT2D eigenvalue weighted by Crippen LogP contribution is 2.16. The molecule has 1 nitrogen and oxygen atoms in total. The van der Waals surface area contributed by atoms with E-state index in [-0.39, 0.29) is 0 Å². The highest BCUT2D eigenvalue weighted by Gasteiger charge is 1.93. The fraction of sp³-hybridized carbons (Fsp3) is 0.250. The first kappa shape index (κ1) is 7.48. The van der Waals surface area contributed by atoms with E-state index in [9.17, 15) is 0 Å². The van der Waals surface area contributed by atoms with Crippen molar-refractivity contribution >= 4 is 18.5 Å². The second-order valence-corrected chi connectivity index (χ2v) is 2.65. The SMILES string of the molecule is Cc1ccc(C)c(NS)c1. The zero-order chi connectivity index (χ0) is 7.56. The first-order valence-corrected chi connectivity index (χ1v) is 3.66. The molecule has 0 heterocycles. The van der Waals surface area contributed by atoms with E-state index in [1.54, 1.807) is 0 Å². The van der Waals surface area contributed by atoms with Crippen LogP contribution in [0.2, 0.25) is 0 Å². The number of hydrogen-bond acceptors (Lipinski definition) is 2. The maximum atomic E-state index is 3.98. The zero-order valence-corrected chi connectivity index (χ0v) is 7.07. The number of aryl methyl sites for hydroxylation is 2. The van der Waals surface area contributed by atoms with Crippen LogP contribution in [0.1, 0.15) is 11.1 Å². The quantitative estimate of drug-likeness (QED) is 0.591. The Labute approximate surface area is 67.0 Å². The van der Waals surface area contributed by atoms with E-state index < -0.39 is 0 Å². The van der Waals surface area contributed by atoms with E-state index >= 15 is 0 Å². The number of thiol groups is 1. The fourth-order valence-corrected chi connectivity index (χ4v) is 1.10. The summed E-state index contributed by atoms with van der Waals surface area (Å²) in [5, 5.41) is 0. The van der Waals surface area contributed by atoms with Crippen LogP contribution < -0.4 is 4.72 Å². The summed E-state index contributed by atoms with van der Waals surface area (Å²) in [5.41, 5.74) is 3.56. The van der Waals surface area contributed by atoms with Crippen molar-refractivity contribution in [3.8, 4) is 0 Å². The first-order valence-electron chi connectivity index (χ1n) is 3.21. The van der Waals surface area contributed by atoms with Crippen molar-refractivity contribution < 1.29 is 0 Å². The third kappa shape index (κ3) is 1.45. The summed E-state index contributed by atoms with van der Waals surface area (Å²) >= 11 is 3.98.